The van der Waals surface area contributed by atoms with Crippen LogP contribution in [-0.4, -0.2) is 5.75 Å². The molecule has 0 aliphatic rings. The third-order valence-corrected chi connectivity index (χ3v) is 1.93. The highest BCUT2D eigenvalue weighted by Crippen LogP contribution is 2.16. The van der Waals surface area contributed by atoms with Crippen LogP contribution in [0.5, 0.6) is 0 Å². The first-order chi connectivity index (χ1) is 6.24. The van der Waals surface area contributed by atoms with Crippen molar-refractivity contribution in [1.29, 1.82) is 0 Å². The number of nitrogens with two attached hydrogens (primary N) is 1. The van der Waals surface area contributed by atoms with Crippen LogP contribution in [0.2, 0.25) is 5.02 Å². The zero-order chi connectivity index (χ0) is 9.68. The van der Waals surface area contributed by atoms with Gasteiger partial charge < -0.3 is 5.73 Å². The van der Waals surface area contributed by atoms with E-state index in [4.69, 9.17) is 17.3 Å². The Bertz CT molecular complexity index is 352. The minimum absolute atomic E-state index is 0.657. The van der Waals surface area contributed by atoms with Crippen molar-refractivity contribution >= 4 is 29.9 Å². The molecule has 0 bridgehead atoms. The van der Waals surface area contributed by atoms with Gasteiger partial charge in [-0.1, -0.05) is 23.4 Å². The molecule has 0 fully saturated rings. The van der Waals surface area contributed by atoms with Crippen LogP contribution < -0.4 is 5.73 Å². The lowest BCUT2D eigenvalue weighted by molar-refractivity contribution is 1.31. The van der Waals surface area contributed by atoms with E-state index in [-0.39, 0.29) is 0 Å². The number of thiol groups is 1. The molecule has 13 heavy (non-hydrogen) atoms. The molecule has 68 valence electrons. The summed E-state index contributed by atoms with van der Waals surface area (Å²) < 4.78 is 0. The minimum atomic E-state index is 0.657. The van der Waals surface area contributed by atoms with Crippen molar-refractivity contribution in [3.8, 4) is 11.8 Å². The van der Waals surface area contributed by atoms with E-state index >= 15 is 0 Å². The molecule has 1 nitrogen and oxygen atoms in total. The summed E-state index contributed by atoms with van der Waals surface area (Å²) in [5.41, 5.74) is 7.14. The molecule has 2 N–H and O–H groups in total. The van der Waals surface area contributed by atoms with Crippen molar-refractivity contribution in [2.24, 2.45) is 0 Å². The maximum Gasteiger partial charge on any atom is 0.0489 e. The summed E-state index contributed by atoms with van der Waals surface area (Å²) in [6.07, 6.45) is 0.759. The van der Waals surface area contributed by atoms with E-state index in [1.807, 2.05) is 0 Å². The van der Waals surface area contributed by atoms with E-state index in [0.29, 0.717) is 10.7 Å². The molecule has 0 spiro atoms. The molecular weight excluding hydrogens is 202 g/mol. The Morgan fingerprint density at radius 2 is 2.23 bits per heavy atom. The molecule has 0 aliphatic heterocycles. The zero-order valence-electron chi connectivity index (χ0n) is 7.05. The predicted octanol–water partition coefficient (Wildman–Crippen LogP) is 2.59. The Kier molecular flexibility index (Phi) is 4.01. The third kappa shape index (κ3) is 3.22. The lowest BCUT2D eigenvalue weighted by Crippen LogP contribution is -1.89. The maximum atomic E-state index is 5.79. The molecule has 3 heteroatoms. The fraction of sp³-hybridized carbons (Fsp3) is 0.200. The van der Waals surface area contributed by atoms with Gasteiger partial charge in [0.1, 0.15) is 0 Å². The number of nitrogen functional groups attached to an aromatic ring is 1. The monoisotopic (exact) mass is 211 g/mol. The Morgan fingerprint density at radius 3 is 2.92 bits per heavy atom. The molecule has 1 rings (SSSR count). The molecule has 0 atom stereocenters. The molecule has 0 heterocycles. The molecule has 1 aromatic rings. The van der Waals surface area contributed by atoms with Gasteiger partial charge in [0.05, 0.1) is 0 Å². The molecule has 0 unspecified atom stereocenters. The summed E-state index contributed by atoms with van der Waals surface area (Å²) in [5.74, 6) is 6.66. The van der Waals surface area contributed by atoms with Crippen LogP contribution in [0.4, 0.5) is 5.69 Å². The highest BCUT2D eigenvalue weighted by molar-refractivity contribution is 7.80. The number of anilines is 1. The molecule has 0 saturated carbocycles. The lowest BCUT2D eigenvalue weighted by atomic mass is 10.2. The summed E-state index contributed by atoms with van der Waals surface area (Å²) in [6, 6.07) is 5.27. The van der Waals surface area contributed by atoms with Crippen LogP contribution in [0, 0.1) is 11.8 Å². The van der Waals surface area contributed by atoms with Crippen molar-refractivity contribution < 1.29 is 0 Å². The number of benzene rings is 1. The normalized spacial score (nSPS) is 9.08. The van der Waals surface area contributed by atoms with Gasteiger partial charge in [0.2, 0.25) is 0 Å². The van der Waals surface area contributed by atoms with Crippen molar-refractivity contribution in [2.75, 3.05) is 11.5 Å². The predicted molar refractivity (Wildman–Crippen MR) is 61.2 cm³/mol. The second-order valence-electron chi connectivity index (χ2n) is 2.51. The van der Waals surface area contributed by atoms with E-state index in [0.717, 1.165) is 17.7 Å². The largest absolute Gasteiger partial charge is 0.398 e. The topological polar surface area (TPSA) is 26.0 Å². The van der Waals surface area contributed by atoms with Crippen LogP contribution in [0.25, 0.3) is 0 Å². The van der Waals surface area contributed by atoms with E-state index in [1.165, 1.54) is 0 Å². The Labute approximate surface area is 88.7 Å². The Morgan fingerprint density at radius 1 is 1.46 bits per heavy atom. The number of halogens is 1. The van der Waals surface area contributed by atoms with Gasteiger partial charge in [-0.25, -0.2) is 0 Å². The van der Waals surface area contributed by atoms with Crippen LogP contribution in [0.15, 0.2) is 18.2 Å². The van der Waals surface area contributed by atoms with Gasteiger partial charge in [0.15, 0.2) is 0 Å². The highest BCUT2D eigenvalue weighted by atomic mass is 35.5. The van der Waals surface area contributed by atoms with Gasteiger partial charge in [0, 0.05) is 28.4 Å². The van der Waals surface area contributed by atoms with Crippen LogP contribution in [0.3, 0.4) is 0 Å². The second-order valence-corrected chi connectivity index (χ2v) is 3.39. The third-order valence-electron chi connectivity index (χ3n) is 1.48. The molecule has 0 radical (unpaired) electrons. The SMILES string of the molecule is Nc1ccc(Cl)cc1C#CCCS. The molecule has 0 aromatic heterocycles. The summed E-state index contributed by atoms with van der Waals surface area (Å²) in [4.78, 5) is 0. The van der Waals surface area contributed by atoms with Gasteiger partial charge in [-0.3, -0.25) is 0 Å². The smallest absolute Gasteiger partial charge is 0.0489 e. The number of rotatable bonds is 1. The van der Waals surface area contributed by atoms with Crippen molar-refractivity contribution in [1.82, 2.24) is 0 Å². The van der Waals surface area contributed by atoms with Crippen molar-refractivity contribution in [2.45, 2.75) is 6.42 Å². The van der Waals surface area contributed by atoms with Crippen LogP contribution >= 0.6 is 24.2 Å². The molecule has 0 amide bonds. The fourth-order valence-electron chi connectivity index (χ4n) is 0.850. The zero-order valence-corrected chi connectivity index (χ0v) is 8.70. The van der Waals surface area contributed by atoms with Crippen LogP contribution in [0.1, 0.15) is 12.0 Å². The maximum absolute atomic E-state index is 5.79. The average Bonchev–Trinajstić information content (AvgIpc) is 2.11. The second kappa shape index (κ2) is 5.06. The number of hydrogen-bond donors (Lipinski definition) is 2. The quantitative estimate of drug-likeness (QED) is 0.417. The molecule has 0 aliphatic carbocycles. The summed E-state index contributed by atoms with van der Waals surface area (Å²) in [6.45, 7) is 0. The average molecular weight is 212 g/mol. The Hall–Kier alpha value is -0.780. The van der Waals surface area contributed by atoms with Gasteiger partial charge in [0.25, 0.3) is 0 Å². The van der Waals surface area contributed by atoms with Crippen molar-refractivity contribution in [3.05, 3.63) is 28.8 Å². The van der Waals surface area contributed by atoms with E-state index < -0.39 is 0 Å². The van der Waals surface area contributed by atoms with E-state index in [2.05, 4.69) is 24.5 Å². The van der Waals surface area contributed by atoms with Gasteiger partial charge in [-0.15, -0.1) is 0 Å². The van der Waals surface area contributed by atoms with E-state index in [1.54, 1.807) is 18.2 Å². The summed E-state index contributed by atoms with van der Waals surface area (Å²) in [7, 11) is 0. The summed E-state index contributed by atoms with van der Waals surface area (Å²) >= 11 is 9.84. The lowest BCUT2D eigenvalue weighted by Gasteiger charge is -1.97. The van der Waals surface area contributed by atoms with Gasteiger partial charge in [-0.05, 0) is 18.2 Å². The van der Waals surface area contributed by atoms with Gasteiger partial charge in [-0.2, -0.15) is 12.6 Å². The number of hydrogen-bond acceptors (Lipinski definition) is 2. The first kappa shape index (κ1) is 10.3. The molecule has 1 aromatic carbocycles. The molecule has 0 saturated heterocycles. The molecular formula is C10H10ClNS. The standard InChI is InChI=1S/C10H10ClNS/c11-9-4-5-10(12)8(7-9)3-1-2-6-13/h4-5,7,13H,2,6,12H2. The fourth-order valence-corrected chi connectivity index (χ4v) is 1.13. The van der Waals surface area contributed by atoms with Crippen molar-refractivity contribution in [3.63, 3.8) is 0 Å². The van der Waals surface area contributed by atoms with Gasteiger partial charge >= 0.3 is 0 Å². The highest BCUT2D eigenvalue weighted by Gasteiger charge is 1.95. The minimum Gasteiger partial charge on any atom is -0.398 e. The van der Waals surface area contributed by atoms with E-state index in [9.17, 15) is 0 Å². The first-order valence-electron chi connectivity index (χ1n) is 3.89. The summed E-state index contributed by atoms with van der Waals surface area (Å²) in [5, 5.41) is 0.657. The van der Waals surface area contributed by atoms with Crippen LogP contribution in [-0.2, 0) is 0 Å². The first-order valence-corrected chi connectivity index (χ1v) is 4.90. The Balaban J connectivity index is 2.89.